The average Bonchev–Trinajstić information content (AvgIpc) is 2.94. The molecule has 0 radical (unpaired) electrons. The molecule has 5 aromatic carbocycles. The van der Waals surface area contributed by atoms with E-state index in [1.54, 1.807) is 0 Å². The molecule has 0 saturated heterocycles. The van der Waals surface area contributed by atoms with Crippen LogP contribution >= 0.6 is 22.6 Å². The first kappa shape index (κ1) is 22.7. The lowest BCUT2D eigenvalue weighted by molar-refractivity contribution is 1.41. The Labute approximate surface area is 225 Å². The molecular formula is C34H24IN. The second-order valence-electron chi connectivity index (χ2n) is 9.16. The second kappa shape index (κ2) is 9.71. The summed E-state index contributed by atoms with van der Waals surface area (Å²) in [5, 5.41) is 1.15. The summed E-state index contributed by atoms with van der Waals surface area (Å²) in [5.74, 6) is 0. The maximum atomic E-state index is 4.81. The molecule has 0 aliphatic rings. The Balaban J connectivity index is 1.25. The van der Waals surface area contributed by atoms with Gasteiger partial charge in [0.2, 0.25) is 0 Å². The smallest absolute Gasteiger partial charge is 0.0708 e. The van der Waals surface area contributed by atoms with Crippen molar-refractivity contribution >= 4 is 33.5 Å². The molecule has 0 amide bonds. The Kier molecular flexibility index (Phi) is 6.12. The highest BCUT2D eigenvalue weighted by Crippen LogP contribution is 2.30. The van der Waals surface area contributed by atoms with Crippen LogP contribution in [0.2, 0.25) is 0 Å². The number of fused-ring (bicyclic) bond motifs is 1. The van der Waals surface area contributed by atoms with E-state index in [0.29, 0.717) is 0 Å². The normalized spacial score (nSPS) is 11.1. The molecule has 0 saturated carbocycles. The largest absolute Gasteiger partial charge is 0.256 e. The van der Waals surface area contributed by atoms with Gasteiger partial charge in [-0.25, -0.2) is 0 Å². The molecule has 0 fully saturated rings. The predicted molar refractivity (Wildman–Crippen MR) is 161 cm³/mol. The topological polar surface area (TPSA) is 12.9 Å². The first-order valence-electron chi connectivity index (χ1n) is 12.1. The van der Waals surface area contributed by atoms with E-state index in [9.17, 15) is 0 Å². The summed E-state index contributed by atoms with van der Waals surface area (Å²) in [6.45, 7) is 2.12. The van der Waals surface area contributed by atoms with Crippen LogP contribution in [-0.2, 0) is 0 Å². The van der Waals surface area contributed by atoms with Crippen LogP contribution in [0.25, 0.3) is 55.4 Å². The maximum Gasteiger partial charge on any atom is 0.0708 e. The molecule has 1 heterocycles. The zero-order valence-electron chi connectivity index (χ0n) is 19.9. The van der Waals surface area contributed by atoms with Gasteiger partial charge in [-0.3, -0.25) is 4.98 Å². The van der Waals surface area contributed by atoms with Gasteiger partial charge in [0.25, 0.3) is 0 Å². The van der Waals surface area contributed by atoms with Crippen LogP contribution in [0.15, 0.2) is 128 Å². The lowest BCUT2D eigenvalue weighted by atomic mass is 9.98. The third-order valence-corrected chi connectivity index (χ3v) is 7.40. The number of hydrogen-bond acceptors (Lipinski definition) is 1. The first-order chi connectivity index (χ1) is 17.6. The Bertz CT molecular complexity index is 1520. The van der Waals surface area contributed by atoms with Crippen LogP contribution in [0.1, 0.15) is 5.56 Å². The van der Waals surface area contributed by atoms with Crippen LogP contribution in [-0.4, -0.2) is 4.98 Å². The summed E-state index contributed by atoms with van der Waals surface area (Å²) in [5.41, 5.74) is 11.9. The molecule has 2 heteroatoms. The molecule has 6 rings (SSSR count). The molecule has 36 heavy (non-hydrogen) atoms. The Hall–Kier alpha value is -3.76. The van der Waals surface area contributed by atoms with Crippen molar-refractivity contribution in [3.05, 3.63) is 137 Å². The zero-order chi connectivity index (χ0) is 24.5. The first-order valence-corrected chi connectivity index (χ1v) is 13.1. The minimum atomic E-state index is 1.01. The van der Waals surface area contributed by atoms with Gasteiger partial charge in [-0.15, -0.1) is 0 Å². The van der Waals surface area contributed by atoms with Crippen molar-refractivity contribution < 1.29 is 0 Å². The Morgan fingerprint density at radius 1 is 0.444 bits per heavy atom. The fourth-order valence-corrected chi connectivity index (χ4v) is 4.92. The van der Waals surface area contributed by atoms with E-state index in [4.69, 9.17) is 4.98 Å². The van der Waals surface area contributed by atoms with E-state index in [-0.39, 0.29) is 0 Å². The van der Waals surface area contributed by atoms with E-state index >= 15 is 0 Å². The van der Waals surface area contributed by atoms with Gasteiger partial charge in [-0.1, -0.05) is 103 Å². The molecule has 0 N–H and O–H groups in total. The minimum absolute atomic E-state index is 1.01. The monoisotopic (exact) mass is 573 g/mol. The standard InChI is InChI=1S/C34H24IN/c1-23-2-4-24(5-3-23)25-6-10-28(11-7-25)30-14-15-31-20-32(22-36-34(31)21-30)29-12-8-26(9-13-29)27-16-18-33(35)19-17-27/h2-22H,1H3. The molecule has 0 aliphatic heterocycles. The minimum Gasteiger partial charge on any atom is -0.256 e. The number of hydrogen-bond donors (Lipinski definition) is 0. The van der Waals surface area contributed by atoms with Crippen LogP contribution < -0.4 is 0 Å². The van der Waals surface area contributed by atoms with E-state index < -0.39 is 0 Å². The third kappa shape index (κ3) is 4.69. The molecule has 0 spiro atoms. The van der Waals surface area contributed by atoms with Crippen molar-refractivity contribution in [1.29, 1.82) is 0 Å². The van der Waals surface area contributed by atoms with Gasteiger partial charge in [0.1, 0.15) is 0 Å². The van der Waals surface area contributed by atoms with Crippen LogP contribution in [0.3, 0.4) is 0 Å². The number of nitrogens with zero attached hydrogens (tertiary/aromatic N) is 1. The van der Waals surface area contributed by atoms with Crippen LogP contribution in [0.5, 0.6) is 0 Å². The van der Waals surface area contributed by atoms with Crippen LogP contribution in [0.4, 0.5) is 0 Å². The summed E-state index contributed by atoms with van der Waals surface area (Å²) in [6.07, 6.45) is 1.98. The maximum absolute atomic E-state index is 4.81. The molecule has 172 valence electrons. The van der Waals surface area contributed by atoms with E-state index in [1.165, 1.54) is 48.1 Å². The molecule has 0 bridgehead atoms. The second-order valence-corrected chi connectivity index (χ2v) is 10.4. The fraction of sp³-hybridized carbons (Fsp3) is 0.0294. The molecule has 0 atom stereocenters. The molecule has 0 unspecified atom stereocenters. The van der Waals surface area contributed by atoms with Crippen LogP contribution in [0, 0.1) is 10.5 Å². The number of aryl methyl sites for hydroxylation is 1. The van der Waals surface area contributed by atoms with Crippen molar-refractivity contribution in [2.45, 2.75) is 6.92 Å². The number of halogens is 1. The van der Waals surface area contributed by atoms with Gasteiger partial charge in [0.05, 0.1) is 5.52 Å². The lowest BCUT2D eigenvalue weighted by Gasteiger charge is -2.09. The van der Waals surface area contributed by atoms with Crippen molar-refractivity contribution in [2.24, 2.45) is 0 Å². The molecule has 1 aromatic heterocycles. The lowest BCUT2D eigenvalue weighted by Crippen LogP contribution is -1.86. The summed E-state index contributed by atoms with van der Waals surface area (Å²) >= 11 is 2.34. The highest BCUT2D eigenvalue weighted by Gasteiger charge is 2.06. The van der Waals surface area contributed by atoms with E-state index in [1.807, 2.05) is 6.20 Å². The number of pyridine rings is 1. The van der Waals surface area contributed by atoms with Crippen molar-refractivity contribution in [3.63, 3.8) is 0 Å². The number of rotatable bonds is 4. The molecule has 0 aliphatic carbocycles. The van der Waals surface area contributed by atoms with Gasteiger partial charge < -0.3 is 0 Å². The predicted octanol–water partition coefficient (Wildman–Crippen LogP) is 9.82. The third-order valence-electron chi connectivity index (χ3n) is 6.68. The Morgan fingerprint density at radius 3 is 1.42 bits per heavy atom. The number of aromatic nitrogens is 1. The van der Waals surface area contributed by atoms with Gasteiger partial charge in [0.15, 0.2) is 0 Å². The summed E-state index contributed by atoms with van der Waals surface area (Å²) in [4.78, 5) is 4.81. The molecule has 1 nitrogen and oxygen atoms in total. The van der Waals surface area contributed by atoms with E-state index in [0.717, 1.165) is 16.5 Å². The van der Waals surface area contributed by atoms with Gasteiger partial charge in [0, 0.05) is 20.7 Å². The van der Waals surface area contributed by atoms with Gasteiger partial charge >= 0.3 is 0 Å². The zero-order valence-corrected chi connectivity index (χ0v) is 22.1. The average molecular weight is 573 g/mol. The van der Waals surface area contributed by atoms with Crippen molar-refractivity contribution in [3.8, 4) is 44.5 Å². The summed E-state index contributed by atoms with van der Waals surface area (Å²) < 4.78 is 1.25. The van der Waals surface area contributed by atoms with Gasteiger partial charge in [-0.2, -0.15) is 0 Å². The quantitative estimate of drug-likeness (QED) is 0.191. The van der Waals surface area contributed by atoms with Crippen molar-refractivity contribution in [2.75, 3.05) is 0 Å². The van der Waals surface area contributed by atoms with Crippen molar-refractivity contribution in [1.82, 2.24) is 4.98 Å². The summed E-state index contributed by atoms with van der Waals surface area (Å²) in [6, 6.07) is 43.6. The molecular weight excluding hydrogens is 549 g/mol. The SMILES string of the molecule is Cc1ccc(-c2ccc(-c3ccc4cc(-c5ccc(-c6ccc(I)cc6)cc5)cnc4c3)cc2)cc1. The Morgan fingerprint density at radius 2 is 0.861 bits per heavy atom. The fourth-order valence-electron chi connectivity index (χ4n) is 4.56. The number of benzene rings is 5. The highest BCUT2D eigenvalue weighted by molar-refractivity contribution is 14.1. The van der Waals surface area contributed by atoms with E-state index in [2.05, 4.69) is 151 Å². The summed E-state index contributed by atoms with van der Waals surface area (Å²) in [7, 11) is 0. The van der Waals surface area contributed by atoms with Gasteiger partial charge in [-0.05, 0) is 92.7 Å². The molecule has 6 aromatic rings. The highest BCUT2D eigenvalue weighted by atomic mass is 127.